The van der Waals surface area contributed by atoms with E-state index in [4.69, 9.17) is 9.84 Å². The van der Waals surface area contributed by atoms with E-state index in [0.717, 1.165) is 0 Å². The highest BCUT2D eigenvalue weighted by Gasteiger charge is 2.14. The number of rotatable bonds is 6. The monoisotopic (exact) mass is 239 g/mol. The molecule has 6 heteroatoms. The fraction of sp³-hybridized carbons (Fsp3) is 0.545. The van der Waals surface area contributed by atoms with Crippen LogP contribution in [-0.2, 0) is 4.74 Å². The lowest BCUT2D eigenvalue weighted by molar-refractivity contribution is 0.0690. The number of nitrogens with zero attached hydrogens (tertiary/aromatic N) is 3. The molecule has 1 rings (SSSR count). The van der Waals surface area contributed by atoms with Crippen LogP contribution in [0.3, 0.4) is 0 Å². The second kappa shape index (κ2) is 6.15. The van der Waals surface area contributed by atoms with Crippen LogP contribution in [0.25, 0.3) is 0 Å². The molecule has 0 amide bonds. The quantitative estimate of drug-likeness (QED) is 0.799. The van der Waals surface area contributed by atoms with Crippen molar-refractivity contribution in [1.82, 2.24) is 9.97 Å². The molecule has 0 spiro atoms. The van der Waals surface area contributed by atoms with Gasteiger partial charge in [-0.05, 0) is 13.8 Å². The first-order chi connectivity index (χ1) is 8.06. The van der Waals surface area contributed by atoms with Crippen molar-refractivity contribution < 1.29 is 14.6 Å². The summed E-state index contributed by atoms with van der Waals surface area (Å²) in [5.41, 5.74) is -0.0504. The number of aromatic carboxylic acids is 1. The molecule has 0 aliphatic rings. The predicted octanol–water partition coefficient (Wildman–Crippen LogP) is 1.04. The van der Waals surface area contributed by atoms with Crippen LogP contribution in [0.5, 0.6) is 0 Å². The number of aromatic nitrogens is 2. The normalized spacial score (nSPS) is 10.6. The smallest absolute Gasteiger partial charge is 0.356 e. The van der Waals surface area contributed by atoms with Gasteiger partial charge in [-0.25, -0.2) is 9.78 Å². The molecule has 0 saturated heterocycles. The third-order valence-corrected chi connectivity index (χ3v) is 2.29. The second-order valence-corrected chi connectivity index (χ2v) is 3.85. The average molecular weight is 239 g/mol. The number of hydrogen-bond donors (Lipinski definition) is 1. The molecule has 0 radical (unpaired) electrons. The highest BCUT2D eigenvalue weighted by molar-refractivity contribution is 5.85. The van der Waals surface area contributed by atoms with Crippen molar-refractivity contribution >= 4 is 11.8 Å². The zero-order chi connectivity index (χ0) is 12.8. The first-order valence-corrected chi connectivity index (χ1v) is 5.37. The molecule has 94 valence electrons. The molecule has 6 nitrogen and oxygen atoms in total. The Morgan fingerprint density at radius 3 is 2.76 bits per heavy atom. The Balaban J connectivity index is 2.93. The molecule has 0 atom stereocenters. The zero-order valence-corrected chi connectivity index (χ0v) is 10.3. The molecule has 1 aromatic heterocycles. The van der Waals surface area contributed by atoms with E-state index < -0.39 is 5.97 Å². The van der Waals surface area contributed by atoms with Crippen molar-refractivity contribution in [2.75, 3.05) is 25.2 Å². The number of anilines is 1. The Hall–Kier alpha value is -1.69. The van der Waals surface area contributed by atoms with Crippen molar-refractivity contribution in [3.63, 3.8) is 0 Å². The van der Waals surface area contributed by atoms with Gasteiger partial charge in [0.05, 0.1) is 19.0 Å². The van der Waals surface area contributed by atoms with Crippen LogP contribution in [0, 0.1) is 0 Å². The first-order valence-electron chi connectivity index (χ1n) is 5.37. The van der Waals surface area contributed by atoms with Gasteiger partial charge in [0, 0.05) is 19.7 Å². The fourth-order valence-corrected chi connectivity index (χ4v) is 1.42. The van der Waals surface area contributed by atoms with Crippen molar-refractivity contribution in [2.24, 2.45) is 0 Å². The molecular formula is C11H17N3O3. The lowest BCUT2D eigenvalue weighted by atomic mass is 10.3. The van der Waals surface area contributed by atoms with Crippen LogP contribution in [0.15, 0.2) is 12.4 Å². The highest BCUT2D eigenvalue weighted by Crippen LogP contribution is 2.13. The molecular weight excluding hydrogens is 222 g/mol. The van der Waals surface area contributed by atoms with Gasteiger partial charge in [0.1, 0.15) is 5.82 Å². The van der Waals surface area contributed by atoms with E-state index in [-0.39, 0.29) is 11.7 Å². The lowest BCUT2D eigenvalue weighted by Gasteiger charge is -2.27. The Morgan fingerprint density at radius 1 is 1.53 bits per heavy atom. The third kappa shape index (κ3) is 3.67. The maximum atomic E-state index is 10.8. The van der Waals surface area contributed by atoms with Crippen molar-refractivity contribution in [3.8, 4) is 0 Å². The zero-order valence-electron chi connectivity index (χ0n) is 10.3. The summed E-state index contributed by atoms with van der Waals surface area (Å²) >= 11 is 0. The summed E-state index contributed by atoms with van der Waals surface area (Å²) in [6.07, 6.45) is 2.79. The largest absolute Gasteiger partial charge is 0.476 e. The molecule has 0 unspecified atom stereocenters. The standard InChI is InChI=1S/C11H17N3O3/c1-8(2)14(4-5-17-3)10-7-12-6-9(13-10)11(15)16/h6-8H,4-5H2,1-3H3,(H,15,16). The first kappa shape index (κ1) is 13.4. The fourth-order valence-electron chi connectivity index (χ4n) is 1.42. The molecule has 0 aromatic carbocycles. The van der Waals surface area contributed by atoms with Crippen molar-refractivity contribution in [3.05, 3.63) is 18.1 Å². The Morgan fingerprint density at radius 2 is 2.24 bits per heavy atom. The van der Waals surface area contributed by atoms with Crippen molar-refractivity contribution in [2.45, 2.75) is 19.9 Å². The molecule has 0 aliphatic carbocycles. The number of carbonyl (C=O) groups is 1. The summed E-state index contributed by atoms with van der Waals surface area (Å²) in [5.74, 6) is -0.522. The van der Waals surface area contributed by atoms with Gasteiger partial charge in [-0.2, -0.15) is 0 Å². The van der Waals surface area contributed by atoms with Gasteiger partial charge in [-0.15, -0.1) is 0 Å². The van der Waals surface area contributed by atoms with Crippen LogP contribution in [0.2, 0.25) is 0 Å². The van der Waals surface area contributed by atoms with Gasteiger partial charge in [0.25, 0.3) is 0 Å². The average Bonchev–Trinajstić information content (AvgIpc) is 2.29. The molecule has 0 saturated carbocycles. The number of methoxy groups -OCH3 is 1. The van der Waals surface area contributed by atoms with Crippen molar-refractivity contribution in [1.29, 1.82) is 0 Å². The Labute approximate surface area is 100 Å². The SMILES string of the molecule is COCCN(c1cncc(C(=O)O)n1)C(C)C. The number of carboxylic acid groups (broad SMARTS) is 1. The molecule has 17 heavy (non-hydrogen) atoms. The summed E-state index contributed by atoms with van der Waals surface area (Å²) in [7, 11) is 1.62. The van der Waals surface area contributed by atoms with Crippen LogP contribution in [0.1, 0.15) is 24.3 Å². The Kier molecular flexibility index (Phi) is 4.84. The molecule has 1 N–H and O–H groups in total. The van der Waals surface area contributed by atoms with Gasteiger partial charge in [-0.1, -0.05) is 0 Å². The van der Waals surface area contributed by atoms with Crippen LogP contribution < -0.4 is 4.90 Å². The summed E-state index contributed by atoms with van der Waals surface area (Å²) in [5, 5.41) is 8.86. The highest BCUT2D eigenvalue weighted by atomic mass is 16.5. The topological polar surface area (TPSA) is 75.5 Å². The van der Waals surface area contributed by atoms with E-state index in [2.05, 4.69) is 9.97 Å². The maximum Gasteiger partial charge on any atom is 0.356 e. The summed E-state index contributed by atoms with van der Waals surface area (Å²) in [6.45, 7) is 5.21. The third-order valence-electron chi connectivity index (χ3n) is 2.29. The maximum absolute atomic E-state index is 10.8. The number of ether oxygens (including phenoxy) is 1. The van der Waals surface area contributed by atoms with E-state index in [9.17, 15) is 4.79 Å². The van der Waals surface area contributed by atoms with Crippen LogP contribution >= 0.6 is 0 Å². The Bertz CT molecular complexity index is 382. The van der Waals surface area contributed by atoms with E-state index in [0.29, 0.717) is 19.0 Å². The van der Waals surface area contributed by atoms with E-state index >= 15 is 0 Å². The number of carboxylic acids is 1. The summed E-state index contributed by atoms with van der Waals surface area (Å²) in [4.78, 5) is 20.7. The predicted molar refractivity (Wildman–Crippen MR) is 63.3 cm³/mol. The van der Waals surface area contributed by atoms with Gasteiger partial charge in [0.2, 0.25) is 0 Å². The molecule has 0 fully saturated rings. The number of hydrogen-bond acceptors (Lipinski definition) is 5. The van der Waals surface area contributed by atoms with E-state index in [1.165, 1.54) is 6.20 Å². The minimum absolute atomic E-state index is 0.0504. The second-order valence-electron chi connectivity index (χ2n) is 3.85. The molecule has 1 heterocycles. The molecule has 0 aliphatic heterocycles. The van der Waals surface area contributed by atoms with Crippen LogP contribution in [0.4, 0.5) is 5.82 Å². The lowest BCUT2D eigenvalue weighted by Crippen LogP contribution is -2.34. The summed E-state index contributed by atoms with van der Waals surface area (Å²) < 4.78 is 5.02. The minimum atomic E-state index is -1.07. The van der Waals surface area contributed by atoms with Gasteiger partial charge < -0.3 is 14.7 Å². The van der Waals surface area contributed by atoms with Gasteiger partial charge >= 0.3 is 5.97 Å². The molecule has 0 bridgehead atoms. The van der Waals surface area contributed by atoms with Crippen LogP contribution in [-0.4, -0.2) is 47.3 Å². The van der Waals surface area contributed by atoms with E-state index in [1.54, 1.807) is 13.3 Å². The van der Waals surface area contributed by atoms with Gasteiger partial charge in [-0.3, -0.25) is 4.98 Å². The summed E-state index contributed by atoms with van der Waals surface area (Å²) in [6, 6.07) is 0.198. The molecule has 1 aromatic rings. The van der Waals surface area contributed by atoms with Gasteiger partial charge in [0.15, 0.2) is 5.69 Å². The minimum Gasteiger partial charge on any atom is -0.476 e. The van der Waals surface area contributed by atoms with E-state index in [1.807, 2.05) is 18.7 Å².